The van der Waals surface area contributed by atoms with Crippen LogP contribution in [0.25, 0.3) is 0 Å². The molecule has 0 bridgehead atoms. The quantitative estimate of drug-likeness (QED) is 0.806. The second-order valence-corrected chi connectivity index (χ2v) is 5.27. The normalized spacial score (nSPS) is 16.3. The van der Waals surface area contributed by atoms with Gasteiger partial charge in [0.05, 0.1) is 17.5 Å². The number of amides is 1. The van der Waals surface area contributed by atoms with Gasteiger partial charge in [0.25, 0.3) is 0 Å². The van der Waals surface area contributed by atoms with E-state index in [1.165, 1.54) is 0 Å². The Balaban J connectivity index is 1.98. The van der Waals surface area contributed by atoms with Crippen LogP contribution in [-0.4, -0.2) is 18.0 Å². The van der Waals surface area contributed by atoms with Gasteiger partial charge in [0.15, 0.2) is 0 Å². The molecular weight excluding hydrogens is 260 g/mol. The first-order valence-electron chi connectivity index (χ1n) is 6.29. The van der Waals surface area contributed by atoms with Gasteiger partial charge in [-0.05, 0) is 30.5 Å². The molecule has 0 aliphatic heterocycles. The molecular formula is C14H18N2O2S. The van der Waals surface area contributed by atoms with E-state index in [1.54, 1.807) is 7.11 Å². The molecule has 0 saturated heterocycles. The van der Waals surface area contributed by atoms with Gasteiger partial charge in [0.1, 0.15) is 5.75 Å². The van der Waals surface area contributed by atoms with Crippen molar-refractivity contribution in [1.82, 2.24) is 5.32 Å². The number of rotatable bonds is 5. The number of thiocarbonyl (C=S) groups is 1. The zero-order chi connectivity index (χ0) is 13.9. The van der Waals surface area contributed by atoms with E-state index in [1.807, 2.05) is 24.3 Å². The first-order chi connectivity index (χ1) is 9.08. The molecule has 1 fully saturated rings. The highest BCUT2D eigenvalue weighted by Gasteiger charge is 2.46. The van der Waals surface area contributed by atoms with Gasteiger partial charge in [-0.1, -0.05) is 30.8 Å². The molecule has 1 aromatic rings. The molecule has 1 saturated carbocycles. The number of nitrogens with one attached hydrogen (secondary N) is 1. The number of carbonyl (C=O) groups excluding carboxylic acids is 1. The van der Waals surface area contributed by atoms with Crippen LogP contribution in [0, 0.1) is 5.41 Å². The van der Waals surface area contributed by atoms with E-state index in [-0.39, 0.29) is 5.91 Å². The molecule has 1 amide bonds. The van der Waals surface area contributed by atoms with Crippen molar-refractivity contribution >= 4 is 23.1 Å². The zero-order valence-electron chi connectivity index (χ0n) is 10.9. The fourth-order valence-corrected chi connectivity index (χ4v) is 2.55. The summed E-state index contributed by atoms with van der Waals surface area (Å²) >= 11 is 5.02. The molecule has 1 aliphatic carbocycles. The molecule has 19 heavy (non-hydrogen) atoms. The lowest BCUT2D eigenvalue weighted by atomic mass is 9.68. The van der Waals surface area contributed by atoms with Crippen LogP contribution in [0.5, 0.6) is 5.75 Å². The molecule has 0 atom stereocenters. The smallest absolute Gasteiger partial charge is 0.233 e. The summed E-state index contributed by atoms with van der Waals surface area (Å²) in [6, 6.07) is 7.60. The van der Waals surface area contributed by atoms with Gasteiger partial charge in [-0.3, -0.25) is 4.79 Å². The topological polar surface area (TPSA) is 64.3 Å². The Kier molecular flexibility index (Phi) is 4.04. The molecule has 0 aromatic heterocycles. The predicted octanol–water partition coefficient (Wildman–Crippen LogP) is 1.77. The fourth-order valence-electron chi connectivity index (χ4n) is 2.25. The number of ether oxygens (including phenoxy) is 1. The maximum absolute atomic E-state index is 12.2. The predicted molar refractivity (Wildman–Crippen MR) is 77.9 cm³/mol. The Morgan fingerprint density at radius 1 is 1.53 bits per heavy atom. The molecule has 0 unspecified atom stereocenters. The second kappa shape index (κ2) is 5.57. The van der Waals surface area contributed by atoms with Crippen LogP contribution in [0.3, 0.4) is 0 Å². The molecule has 4 nitrogen and oxygen atoms in total. The van der Waals surface area contributed by atoms with Crippen molar-refractivity contribution in [2.45, 2.75) is 25.8 Å². The molecule has 2 rings (SSSR count). The standard InChI is InChI=1S/C14H18N2O2S/c1-18-11-5-2-4-10(8-11)9-16-13(17)14(12(15)19)6-3-7-14/h2,4-5,8H,3,6-7,9H2,1H3,(H2,15,19)(H,16,17). The summed E-state index contributed by atoms with van der Waals surface area (Å²) in [4.78, 5) is 12.5. The Morgan fingerprint density at radius 2 is 2.26 bits per heavy atom. The summed E-state index contributed by atoms with van der Waals surface area (Å²) in [6.45, 7) is 0.459. The summed E-state index contributed by atoms with van der Waals surface area (Å²) in [6.07, 6.45) is 2.52. The first-order valence-corrected chi connectivity index (χ1v) is 6.70. The van der Waals surface area contributed by atoms with E-state index in [2.05, 4.69) is 5.32 Å². The van der Waals surface area contributed by atoms with Crippen molar-refractivity contribution in [2.24, 2.45) is 11.1 Å². The number of carbonyl (C=O) groups is 1. The summed E-state index contributed by atoms with van der Waals surface area (Å²) < 4.78 is 5.15. The van der Waals surface area contributed by atoms with E-state index >= 15 is 0 Å². The third-order valence-electron chi connectivity index (χ3n) is 3.70. The van der Waals surface area contributed by atoms with E-state index in [9.17, 15) is 4.79 Å². The zero-order valence-corrected chi connectivity index (χ0v) is 11.8. The average Bonchev–Trinajstić information content (AvgIpc) is 2.34. The van der Waals surface area contributed by atoms with Gasteiger partial charge in [0.2, 0.25) is 5.91 Å². The number of benzene rings is 1. The minimum Gasteiger partial charge on any atom is -0.497 e. The average molecular weight is 278 g/mol. The third-order valence-corrected chi connectivity index (χ3v) is 4.09. The van der Waals surface area contributed by atoms with Crippen molar-refractivity contribution in [3.63, 3.8) is 0 Å². The highest BCUT2D eigenvalue weighted by atomic mass is 32.1. The van der Waals surface area contributed by atoms with E-state index in [0.29, 0.717) is 11.5 Å². The number of methoxy groups -OCH3 is 1. The third kappa shape index (κ3) is 2.71. The van der Waals surface area contributed by atoms with Gasteiger partial charge in [-0.15, -0.1) is 0 Å². The minimum atomic E-state index is -0.617. The van der Waals surface area contributed by atoms with Crippen molar-refractivity contribution in [1.29, 1.82) is 0 Å². The van der Waals surface area contributed by atoms with Gasteiger partial charge in [-0.2, -0.15) is 0 Å². The van der Waals surface area contributed by atoms with E-state index in [0.717, 1.165) is 30.6 Å². The summed E-state index contributed by atoms with van der Waals surface area (Å²) in [5, 5.41) is 2.91. The Hall–Kier alpha value is -1.62. The molecule has 0 spiro atoms. The summed E-state index contributed by atoms with van der Waals surface area (Å²) in [5.41, 5.74) is 6.07. The van der Waals surface area contributed by atoms with Crippen molar-refractivity contribution < 1.29 is 9.53 Å². The maximum Gasteiger partial charge on any atom is 0.233 e. The molecule has 3 N–H and O–H groups in total. The van der Waals surface area contributed by atoms with Crippen LogP contribution in [-0.2, 0) is 11.3 Å². The lowest BCUT2D eigenvalue weighted by Crippen LogP contribution is -2.52. The largest absolute Gasteiger partial charge is 0.497 e. The Bertz CT molecular complexity index is 498. The first kappa shape index (κ1) is 13.8. The summed E-state index contributed by atoms with van der Waals surface area (Å²) in [7, 11) is 1.62. The molecule has 5 heteroatoms. The van der Waals surface area contributed by atoms with Gasteiger partial charge in [-0.25, -0.2) is 0 Å². The van der Waals surface area contributed by atoms with Gasteiger partial charge in [0, 0.05) is 6.54 Å². The van der Waals surface area contributed by atoms with E-state index < -0.39 is 5.41 Å². The number of hydrogen-bond donors (Lipinski definition) is 2. The monoisotopic (exact) mass is 278 g/mol. The highest BCUT2D eigenvalue weighted by Crippen LogP contribution is 2.41. The maximum atomic E-state index is 12.2. The van der Waals surface area contributed by atoms with Crippen molar-refractivity contribution in [3.05, 3.63) is 29.8 Å². The Labute approximate surface area is 118 Å². The molecule has 102 valence electrons. The lowest BCUT2D eigenvalue weighted by Gasteiger charge is -2.39. The SMILES string of the molecule is COc1cccc(CNC(=O)C2(C(N)=S)CCC2)c1. The van der Waals surface area contributed by atoms with Crippen LogP contribution in [0.1, 0.15) is 24.8 Å². The van der Waals surface area contributed by atoms with Crippen LogP contribution >= 0.6 is 12.2 Å². The second-order valence-electron chi connectivity index (χ2n) is 4.83. The fraction of sp³-hybridized carbons (Fsp3) is 0.429. The van der Waals surface area contributed by atoms with Crippen LogP contribution < -0.4 is 15.8 Å². The minimum absolute atomic E-state index is 0.0610. The molecule has 0 heterocycles. The molecule has 0 radical (unpaired) electrons. The highest BCUT2D eigenvalue weighted by molar-refractivity contribution is 7.80. The molecule has 1 aliphatic rings. The molecule has 1 aromatic carbocycles. The van der Waals surface area contributed by atoms with Crippen molar-refractivity contribution in [2.75, 3.05) is 7.11 Å². The summed E-state index contributed by atoms with van der Waals surface area (Å²) in [5.74, 6) is 0.716. The number of nitrogens with two attached hydrogens (primary N) is 1. The van der Waals surface area contributed by atoms with Crippen molar-refractivity contribution in [3.8, 4) is 5.75 Å². The van der Waals surface area contributed by atoms with Gasteiger partial charge >= 0.3 is 0 Å². The van der Waals surface area contributed by atoms with Gasteiger partial charge < -0.3 is 15.8 Å². The number of hydrogen-bond acceptors (Lipinski definition) is 3. The van der Waals surface area contributed by atoms with Crippen LogP contribution in [0.2, 0.25) is 0 Å². The van der Waals surface area contributed by atoms with Crippen LogP contribution in [0.4, 0.5) is 0 Å². The lowest BCUT2D eigenvalue weighted by molar-refractivity contribution is -0.131. The Morgan fingerprint density at radius 3 is 2.79 bits per heavy atom. The van der Waals surface area contributed by atoms with Crippen LogP contribution in [0.15, 0.2) is 24.3 Å². The van der Waals surface area contributed by atoms with E-state index in [4.69, 9.17) is 22.7 Å².